The Morgan fingerprint density at radius 1 is 1.10 bits per heavy atom. The molecule has 102 valence electrons. The van der Waals surface area contributed by atoms with Gasteiger partial charge < -0.3 is 0 Å². The zero-order valence-corrected chi connectivity index (χ0v) is 12.0. The average molecular weight is 265 g/mol. The number of Topliss-reactive ketones (excluding diaryl/α,β-unsaturated/α-hetero) is 1. The van der Waals surface area contributed by atoms with E-state index in [-0.39, 0.29) is 5.41 Å². The topological polar surface area (TPSA) is 30.0 Å². The fourth-order valence-electron chi connectivity index (χ4n) is 3.09. The zero-order chi connectivity index (χ0) is 14.2. The van der Waals surface area contributed by atoms with Crippen LogP contribution < -0.4 is 0 Å². The molecule has 0 aliphatic heterocycles. The minimum Gasteiger partial charge on any atom is -0.299 e. The monoisotopic (exact) mass is 265 g/mol. The summed E-state index contributed by atoms with van der Waals surface area (Å²) in [7, 11) is 0. The second-order valence-electron chi connectivity index (χ2n) is 5.81. The Hall–Kier alpha value is -1.96. The number of rotatable bonds is 3. The highest BCUT2D eigenvalue weighted by atomic mass is 16.1. The van der Waals surface area contributed by atoms with Gasteiger partial charge in [-0.3, -0.25) is 9.78 Å². The molecule has 1 heterocycles. The van der Waals surface area contributed by atoms with Crippen molar-refractivity contribution >= 4 is 5.78 Å². The third-order valence-electron chi connectivity index (χ3n) is 4.86. The zero-order valence-electron chi connectivity index (χ0n) is 12.0. The van der Waals surface area contributed by atoms with Crippen LogP contribution in [0.1, 0.15) is 38.2 Å². The van der Waals surface area contributed by atoms with Crippen molar-refractivity contribution < 1.29 is 4.79 Å². The minimum atomic E-state index is -0.155. The summed E-state index contributed by atoms with van der Waals surface area (Å²) in [6, 6.07) is 12.6. The first-order valence-corrected chi connectivity index (χ1v) is 7.19. The van der Waals surface area contributed by atoms with Crippen LogP contribution in [0.15, 0.2) is 48.8 Å². The Bertz CT molecular complexity index is 618. The van der Waals surface area contributed by atoms with Crippen LogP contribution in [0.25, 0.3) is 11.1 Å². The number of nitrogens with zero attached hydrogens (tertiary/aromatic N) is 1. The van der Waals surface area contributed by atoms with Crippen molar-refractivity contribution in [2.24, 2.45) is 5.41 Å². The molecule has 0 amide bonds. The highest BCUT2D eigenvalue weighted by molar-refractivity contribution is 5.93. The van der Waals surface area contributed by atoms with Gasteiger partial charge >= 0.3 is 0 Å². The summed E-state index contributed by atoms with van der Waals surface area (Å²) in [6.45, 7) is 4.20. The van der Waals surface area contributed by atoms with Crippen LogP contribution in [-0.2, 0) is 4.79 Å². The van der Waals surface area contributed by atoms with Gasteiger partial charge in [0.2, 0.25) is 0 Å². The molecule has 1 aromatic heterocycles. The largest absolute Gasteiger partial charge is 0.299 e. The standard InChI is InChI=1S/C18H19NO/c1-3-18(2)16(12-17(18)20)15-6-4-13(5-7-15)14-8-10-19-11-9-14/h4-11,16H,3,12H2,1-2H3. The third kappa shape index (κ3) is 1.96. The number of hydrogen-bond donors (Lipinski definition) is 0. The third-order valence-corrected chi connectivity index (χ3v) is 4.86. The Morgan fingerprint density at radius 3 is 2.25 bits per heavy atom. The van der Waals surface area contributed by atoms with Gasteiger partial charge in [0.25, 0.3) is 0 Å². The molecule has 0 N–H and O–H groups in total. The first-order valence-electron chi connectivity index (χ1n) is 7.19. The molecule has 0 saturated heterocycles. The van der Waals surface area contributed by atoms with Gasteiger partial charge in [0.15, 0.2) is 0 Å². The lowest BCUT2D eigenvalue weighted by atomic mass is 9.56. The molecule has 3 rings (SSSR count). The molecule has 2 nitrogen and oxygen atoms in total. The molecule has 1 aromatic carbocycles. The van der Waals surface area contributed by atoms with E-state index in [1.54, 1.807) is 0 Å². The van der Waals surface area contributed by atoms with E-state index >= 15 is 0 Å². The Kier molecular flexibility index (Phi) is 3.17. The molecule has 2 aromatic rings. The predicted octanol–water partition coefficient (Wildman–Crippen LogP) is 4.22. The summed E-state index contributed by atoms with van der Waals surface area (Å²) in [6.07, 6.45) is 5.23. The molecular weight excluding hydrogens is 246 g/mol. The van der Waals surface area contributed by atoms with E-state index in [0.717, 1.165) is 6.42 Å². The lowest BCUT2D eigenvalue weighted by Gasteiger charge is -2.45. The van der Waals surface area contributed by atoms with Crippen LogP contribution in [0.3, 0.4) is 0 Å². The van der Waals surface area contributed by atoms with E-state index in [4.69, 9.17) is 0 Å². The van der Waals surface area contributed by atoms with Gasteiger partial charge in [0.05, 0.1) is 0 Å². The second kappa shape index (κ2) is 4.86. The normalized spacial score (nSPS) is 25.3. The van der Waals surface area contributed by atoms with Crippen molar-refractivity contribution in [1.82, 2.24) is 4.98 Å². The lowest BCUT2D eigenvalue weighted by Crippen LogP contribution is -2.45. The van der Waals surface area contributed by atoms with E-state index in [0.29, 0.717) is 18.1 Å². The molecule has 2 unspecified atom stereocenters. The van der Waals surface area contributed by atoms with Gasteiger partial charge in [-0.15, -0.1) is 0 Å². The van der Waals surface area contributed by atoms with Crippen molar-refractivity contribution in [3.8, 4) is 11.1 Å². The van der Waals surface area contributed by atoms with Gasteiger partial charge in [0, 0.05) is 30.1 Å². The Balaban J connectivity index is 1.86. The molecule has 0 bridgehead atoms. The quantitative estimate of drug-likeness (QED) is 0.831. The maximum atomic E-state index is 11.8. The molecule has 20 heavy (non-hydrogen) atoms. The van der Waals surface area contributed by atoms with Crippen molar-refractivity contribution in [2.45, 2.75) is 32.6 Å². The van der Waals surface area contributed by atoms with Crippen LogP contribution in [0, 0.1) is 5.41 Å². The summed E-state index contributed by atoms with van der Waals surface area (Å²) in [5.41, 5.74) is 3.50. The number of carbonyl (C=O) groups excluding carboxylic acids is 1. The van der Waals surface area contributed by atoms with Gasteiger partial charge in [-0.2, -0.15) is 0 Å². The molecular formula is C18H19NO. The van der Waals surface area contributed by atoms with Gasteiger partial charge in [-0.25, -0.2) is 0 Å². The summed E-state index contributed by atoms with van der Waals surface area (Å²) in [5, 5.41) is 0. The number of benzene rings is 1. The maximum Gasteiger partial charge on any atom is 0.140 e. The second-order valence-corrected chi connectivity index (χ2v) is 5.81. The summed E-state index contributed by atoms with van der Waals surface area (Å²) < 4.78 is 0. The molecule has 2 heteroatoms. The molecule has 2 atom stereocenters. The highest BCUT2D eigenvalue weighted by Crippen LogP contribution is 2.51. The van der Waals surface area contributed by atoms with Gasteiger partial charge in [-0.05, 0) is 35.2 Å². The summed E-state index contributed by atoms with van der Waals surface area (Å²) in [4.78, 5) is 15.9. The van der Waals surface area contributed by atoms with E-state index in [2.05, 4.69) is 43.1 Å². The van der Waals surface area contributed by atoms with Crippen molar-refractivity contribution in [1.29, 1.82) is 0 Å². The minimum absolute atomic E-state index is 0.155. The summed E-state index contributed by atoms with van der Waals surface area (Å²) in [5.74, 6) is 0.787. The average Bonchev–Trinajstić information content (AvgIpc) is 2.52. The smallest absolute Gasteiger partial charge is 0.140 e. The lowest BCUT2D eigenvalue weighted by molar-refractivity contribution is -0.139. The van der Waals surface area contributed by atoms with E-state index in [1.807, 2.05) is 24.5 Å². The fourth-order valence-corrected chi connectivity index (χ4v) is 3.09. The molecule has 1 saturated carbocycles. The maximum absolute atomic E-state index is 11.8. The molecule has 0 spiro atoms. The molecule has 1 aliphatic rings. The highest BCUT2D eigenvalue weighted by Gasteiger charge is 2.49. The van der Waals surface area contributed by atoms with Crippen LogP contribution in [-0.4, -0.2) is 10.8 Å². The van der Waals surface area contributed by atoms with Crippen LogP contribution >= 0.6 is 0 Å². The number of carbonyl (C=O) groups is 1. The summed E-state index contributed by atoms with van der Waals surface area (Å²) >= 11 is 0. The van der Waals surface area contributed by atoms with Crippen LogP contribution in [0.5, 0.6) is 0 Å². The van der Waals surface area contributed by atoms with Crippen LogP contribution in [0.4, 0.5) is 0 Å². The van der Waals surface area contributed by atoms with Gasteiger partial charge in [0.1, 0.15) is 5.78 Å². The molecule has 1 fully saturated rings. The fraction of sp³-hybridized carbons (Fsp3) is 0.333. The Morgan fingerprint density at radius 2 is 1.70 bits per heavy atom. The van der Waals surface area contributed by atoms with Crippen LogP contribution in [0.2, 0.25) is 0 Å². The Labute approximate surface area is 119 Å². The van der Waals surface area contributed by atoms with E-state index in [9.17, 15) is 4.79 Å². The predicted molar refractivity (Wildman–Crippen MR) is 80.4 cm³/mol. The number of hydrogen-bond acceptors (Lipinski definition) is 2. The van der Waals surface area contributed by atoms with E-state index in [1.165, 1.54) is 16.7 Å². The van der Waals surface area contributed by atoms with Gasteiger partial charge in [-0.1, -0.05) is 38.1 Å². The first-order chi connectivity index (χ1) is 9.65. The van der Waals surface area contributed by atoms with E-state index < -0.39 is 0 Å². The van der Waals surface area contributed by atoms with Crippen molar-refractivity contribution in [3.63, 3.8) is 0 Å². The van der Waals surface area contributed by atoms with Crippen molar-refractivity contribution in [3.05, 3.63) is 54.4 Å². The van der Waals surface area contributed by atoms with Crippen molar-refractivity contribution in [2.75, 3.05) is 0 Å². The number of pyridine rings is 1. The number of ketones is 1. The molecule has 0 radical (unpaired) electrons. The SMILES string of the molecule is CCC1(C)C(=O)CC1c1ccc(-c2ccncc2)cc1. The number of aromatic nitrogens is 1. The molecule has 1 aliphatic carbocycles. The first kappa shape index (κ1) is 13.0.